The van der Waals surface area contributed by atoms with Gasteiger partial charge in [-0.25, -0.2) is 23.1 Å². The maximum atomic E-state index is 13.9. The van der Waals surface area contributed by atoms with Crippen molar-refractivity contribution in [2.75, 3.05) is 11.9 Å². The molecule has 0 spiro atoms. The summed E-state index contributed by atoms with van der Waals surface area (Å²) in [5, 5.41) is 11.6. The third-order valence-electron chi connectivity index (χ3n) is 8.49. The van der Waals surface area contributed by atoms with E-state index in [1.165, 1.54) is 29.0 Å². The molecule has 1 amide bonds. The number of amides is 1. The highest BCUT2D eigenvalue weighted by Gasteiger charge is 2.35. The summed E-state index contributed by atoms with van der Waals surface area (Å²) in [5.41, 5.74) is 6.20. The summed E-state index contributed by atoms with van der Waals surface area (Å²) in [6, 6.07) is 13.1. The maximum absolute atomic E-state index is 13.9. The molecule has 5 aromatic rings. The van der Waals surface area contributed by atoms with Crippen LogP contribution in [-0.4, -0.2) is 61.2 Å². The van der Waals surface area contributed by atoms with Crippen LogP contribution in [-0.2, 0) is 27.9 Å². The lowest BCUT2D eigenvalue weighted by atomic mass is 9.84. The lowest BCUT2D eigenvalue weighted by Gasteiger charge is -2.25. The van der Waals surface area contributed by atoms with Crippen molar-refractivity contribution in [2.45, 2.75) is 70.5 Å². The van der Waals surface area contributed by atoms with Crippen molar-refractivity contribution in [3.05, 3.63) is 95.1 Å². The number of benzene rings is 2. The Labute approximate surface area is 267 Å². The zero-order chi connectivity index (χ0) is 32.4. The predicted molar refractivity (Wildman–Crippen MR) is 173 cm³/mol. The van der Waals surface area contributed by atoms with Gasteiger partial charge in [-0.2, -0.15) is 4.31 Å². The Bertz CT molecular complexity index is 2000. The molecule has 0 bridgehead atoms. The van der Waals surface area contributed by atoms with E-state index < -0.39 is 10.0 Å². The summed E-state index contributed by atoms with van der Waals surface area (Å²) in [7, 11) is -3.90. The predicted octanol–water partition coefficient (Wildman–Crippen LogP) is 4.78. The molecule has 12 nitrogen and oxygen atoms in total. The van der Waals surface area contributed by atoms with Crippen molar-refractivity contribution in [3.63, 3.8) is 0 Å². The second kappa shape index (κ2) is 12.9. The number of hydrogen-bond donors (Lipinski definition) is 1. The second-order valence-electron chi connectivity index (χ2n) is 11.4. The molecule has 4 heterocycles. The SMILES string of the molecule is CC[C@@H]1CN(Cc2cc([C@H](CC(=O)Nc3cnccn3)c3ccc4c(nnn4CC)c3C)ccc2C)S(=O)(=O)c2cccnc2O1. The highest BCUT2D eigenvalue weighted by Crippen LogP contribution is 2.36. The number of sulfonamides is 1. The van der Waals surface area contributed by atoms with E-state index in [0.29, 0.717) is 18.8 Å². The Kier molecular flexibility index (Phi) is 8.78. The van der Waals surface area contributed by atoms with Gasteiger partial charge in [0.25, 0.3) is 0 Å². The minimum Gasteiger partial charge on any atom is -0.472 e. The molecule has 0 saturated heterocycles. The van der Waals surface area contributed by atoms with E-state index in [0.717, 1.165) is 38.9 Å². The Morgan fingerprint density at radius 2 is 1.93 bits per heavy atom. The topological polar surface area (TPSA) is 145 Å². The smallest absolute Gasteiger partial charge is 0.248 e. The first kappa shape index (κ1) is 31.2. The zero-order valence-electron chi connectivity index (χ0n) is 26.2. The number of aryl methyl sites for hydroxylation is 3. The molecular formula is C33H36N8O4S. The summed E-state index contributed by atoms with van der Waals surface area (Å²) in [6.07, 6.45) is 6.48. The first-order valence-corrected chi connectivity index (χ1v) is 16.7. The monoisotopic (exact) mass is 640 g/mol. The van der Waals surface area contributed by atoms with E-state index in [1.807, 2.05) is 62.7 Å². The molecule has 1 N–H and O–H groups in total. The fourth-order valence-electron chi connectivity index (χ4n) is 5.90. The Balaban J connectivity index is 1.40. The van der Waals surface area contributed by atoms with Gasteiger partial charge in [-0.05, 0) is 73.2 Å². The third-order valence-corrected chi connectivity index (χ3v) is 10.3. The van der Waals surface area contributed by atoms with Crippen molar-refractivity contribution in [1.29, 1.82) is 0 Å². The van der Waals surface area contributed by atoms with Crippen LogP contribution in [0.15, 0.2) is 72.1 Å². The quantitative estimate of drug-likeness (QED) is 0.241. The van der Waals surface area contributed by atoms with E-state index in [-0.39, 0.29) is 48.2 Å². The summed E-state index contributed by atoms with van der Waals surface area (Å²) < 4.78 is 37.1. The van der Waals surface area contributed by atoms with Crippen LogP contribution in [0.4, 0.5) is 5.82 Å². The lowest BCUT2D eigenvalue weighted by molar-refractivity contribution is -0.116. The molecule has 0 unspecified atom stereocenters. The van der Waals surface area contributed by atoms with Crippen LogP contribution >= 0.6 is 0 Å². The standard InChI is InChI=1S/C33H36N8O4S/c1-5-25-20-40(46(43,44)29-8-7-13-36-33(29)45-25)19-24-16-23(10-9-21(24)3)27(17-31(42)37-30-18-34-14-15-35-30)26-11-12-28-32(22(26)4)38-39-41(28)6-2/h7-16,18,25,27H,5-6,17,19-20H2,1-4H3,(H,35,37,42)/t25-,27+/m1/s1. The largest absolute Gasteiger partial charge is 0.472 e. The second-order valence-corrected chi connectivity index (χ2v) is 13.3. The normalized spacial score (nSPS) is 16.7. The van der Waals surface area contributed by atoms with Gasteiger partial charge in [0, 0.05) is 44.0 Å². The van der Waals surface area contributed by atoms with Crippen molar-refractivity contribution in [2.24, 2.45) is 0 Å². The summed E-state index contributed by atoms with van der Waals surface area (Å²) >= 11 is 0. The highest BCUT2D eigenvalue weighted by molar-refractivity contribution is 7.89. The number of aromatic nitrogens is 6. The van der Waals surface area contributed by atoms with Crippen molar-refractivity contribution in [1.82, 2.24) is 34.3 Å². The molecule has 46 heavy (non-hydrogen) atoms. The van der Waals surface area contributed by atoms with E-state index in [1.54, 1.807) is 12.3 Å². The number of hydrogen-bond acceptors (Lipinski definition) is 9. The maximum Gasteiger partial charge on any atom is 0.248 e. The number of ether oxygens (including phenoxy) is 1. The summed E-state index contributed by atoms with van der Waals surface area (Å²) in [5.74, 6) is -0.110. The van der Waals surface area contributed by atoms with Crippen LogP contribution in [0.3, 0.4) is 0 Å². The van der Waals surface area contributed by atoms with Gasteiger partial charge < -0.3 is 10.1 Å². The van der Waals surface area contributed by atoms with Gasteiger partial charge in [-0.3, -0.25) is 9.78 Å². The molecule has 2 aromatic carbocycles. The fraction of sp³-hybridized carbons (Fsp3) is 0.333. The molecule has 238 valence electrons. The molecule has 6 rings (SSSR count). The number of carbonyl (C=O) groups excluding carboxylic acids is 1. The van der Waals surface area contributed by atoms with E-state index in [4.69, 9.17) is 4.74 Å². The van der Waals surface area contributed by atoms with Gasteiger partial charge in [-0.15, -0.1) is 5.10 Å². The van der Waals surface area contributed by atoms with Crippen LogP contribution in [0.2, 0.25) is 0 Å². The number of fused-ring (bicyclic) bond motifs is 2. The number of nitrogens with one attached hydrogen (secondary N) is 1. The van der Waals surface area contributed by atoms with E-state index in [9.17, 15) is 13.2 Å². The number of anilines is 1. The summed E-state index contributed by atoms with van der Waals surface area (Å²) in [4.78, 5) is 26.0. The molecular weight excluding hydrogens is 604 g/mol. The van der Waals surface area contributed by atoms with E-state index >= 15 is 0 Å². The van der Waals surface area contributed by atoms with Crippen molar-refractivity contribution < 1.29 is 17.9 Å². The molecule has 0 radical (unpaired) electrons. The average molecular weight is 641 g/mol. The van der Waals surface area contributed by atoms with Gasteiger partial charge in [-0.1, -0.05) is 36.4 Å². The van der Waals surface area contributed by atoms with Gasteiger partial charge in [0.1, 0.15) is 16.5 Å². The highest BCUT2D eigenvalue weighted by atomic mass is 32.2. The Hall–Kier alpha value is -4.75. The minimum absolute atomic E-state index is 0.0577. The van der Waals surface area contributed by atoms with Gasteiger partial charge in [0.2, 0.25) is 21.8 Å². The van der Waals surface area contributed by atoms with Gasteiger partial charge in [0.05, 0.1) is 18.3 Å². The first-order valence-electron chi connectivity index (χ1n) is 15.3. The van der Waals surface area contributed by atoms with Gasteiger partial charge in [0.15, 0.2) is 5.82 Å². The fourth-order valence-corrected chi connectivity index (χ4v) is 7.42. The molecule has 1 aliphatic rings. The Morgan fingerprint density at radius 3 is 2.70 bits per heavy atom. The first-order chi connectivity index (χ1) is 22.2. The van der Waals surface area contributed by atoms with Crippen molar-refractivity contribution >= 4 is 32.8 Å². The lowest BCUT2D eigenvalue weighted by Crippen LogP contribution is -2.36. The molecule has 0 fully saturated rings. The zero-order valence-corrected chi connectivity index (χ0v) is 27.0. The molecule has 0 saturated carbocycles. The third kappa shape index (κ3) is 6.07. The minimum atomic E-state index is -3.90. The van der Waals surface area contributed by atoms with Gasteiger partial charge >= 0.3 is 0 Å². The number of nitrogens with zero attached hydrogens (tertiary/aromatic N) is 7. The van der Waals surface area contributed by atoms with Crippen LogP contribution < -0.4 is 10.1 Å². The molecule has 1 aliphatic heterocycles. The molecule has 2 atom stereocenters. The number of carbonyl (C=O) groups is 1. The van der Waals surface area contributed by atoms with Crippen LogP contribution in [0.1, 0.15) is 60.4 Å². The van der Waals surface area contributed by atoms with E-state index in [2.05, 4.69) is 30.6 Å². The Morgan fingerprint density at radius 1 is 1.09 bits per heavy atom. The molecule has 3 aromatic heterocycles. The van der Waals surface area contributed by atoms with Crippen molar-refractivity contribution in [3.8, 4) is 5.88 Å². The molecule has 0 aliphatic carbocycles. The summed E-state index contributed by atoms with van der Waals surface area (Å²) in [6.45, 7) is 8.94. The molecule has 13 heteroatoms. The van der Waals surface area contributed by atoms with Crippen LogP contribution in [0.5, 0.6) is 5.88 Å². The number of rotatable bonds is 9. The number of pyridine rings is 1. The van der Waals surface area contributed by atoms with Crippen LogP contribution in [0, 0.1) is 13.8 Å². The van der Waals surface area contributed by atoms with Crippen LogP contribution in [0.25, 0.3) is 11.0 Å². The average Bonchev–Trinajstić information content (AvgIpc) is 3.45.